The Bertz CT molecular complexity index is 776. The van der Waals surface area contributed by atoms with Gasteiger partial charge in [0.25, 0.3) is 0 Å². The van der Waals surface area contributed by atoms with Gasteiger partial charge in [-0.25, -0.2) is 0 Å². The van der Waals surface area contributed by atoms with Crippen molar-refractivity contribution in [2.45, 2.75) is 33.7 Å². The lowest BCUT2D eigenvalue weighted by Gasteiger charge is -2.17. The van der Waals surface area contributed by atoms with Gasteiger partial charge in [0.1, 0.15) is 0 Å². The van der Waals surface area contributed by atoms with Gasteiger partial charge in [-0.1, -0.05) is 35.9 Å². The minimum atomic E-state index is -0.293. The maximum absolute atomic E-state index is 12.5. The van der Waals surface area contributed by atoms with Crippen molar-refractivity contribution in [2.75, 3.05) is 11.9 Å². The first-order valence-electron chi connectivity index (χ1n) is 8.63. The smallest absolute Gasteiger partial charge is 0.229 e. The van der Waals surface area contributed by atoms with Crippen LogP contribution in [0.2, 0.25) is 0 Å². The highest BCUT2D eigenvalue weighted by Gasteiger charge is 2.34. The van der Waals surface area contributed by atoms with E-state index in [2.05, 4.69) is 11.4 Å². The van der Waals surface area contributed by atoms with Crippen LogP contribution in [0.5, 0.6) is 0 Å². The maximum atomic E-state index is 12.5. The van der Waals surface area contributed by atoms with Crippen LogP contribution in [0.4, 0.5) is 5.69 Å². The number of anilines is 1. The van der Waals surface area contributed by atoms with E-state index in [0.29, 0.717) is 13.1 Å². The Morgan fingerprint density at radius 1 is 1.04 bits per heavy atom. The van der Waals surface area contributed by atoms with Crippen LogP contribution in [0, 0.1) is 26.7 Å². The molecule has 4 nitrogen and oxygen atoms in total. The first-order valence-corrected chi connectivity index (χ1v) is 8.63. The summed E-state index contributed by atoms with van der Waals surface area (Å²) in [6.07, 6.45) is 0.280. The Morgan fingerprint density at radius 2 is 1.68 bits per heavy atom. The van der Waals surface area contributed by atoms with E-state index in [9.17, 15) is 9.59 Å². The first kappa shape index (κ1) is 17.2. The Morgan fingerprint density at radius 3 is 2.32 bits per heavy atom. The number of likely N-dealkylation sites (tertiary alicyclic amines) is 1. The van der Waals surface area contributed by atoms with Crippen molar-refractivity contribution < 1.29 is 9.59 Å². The van der Waals surface area contributed by atoms with Crippen LogP contribution < -0.4 is 5.32 Å². The molecule has 0 bridgehead atoms. The molecule has 4 heteroatoms. The zero-order chi connectivity index (χ0) is 18.0. The fourth-order valence-electron chi connectivity index (χ4n) is 3.31. The molecule has 0 radical (unpaired) electrons. The van der Waals surface area contributed by atoms with Crippen molar-refractivity contribution in [3.63, 3.8) is 0 Å². The summed E-state index contributed by atoms with van der Waals surface area (Å²) < 4.78 is 0. The van der Waals surface area contributed by atoms with Crippen LogP contribution in [0.15, 0.2) is 42.5 Å². The van der Waals surface area contributed by atoms with Gasteiger partial charge in [0.15, 0.2) is 0 Å². The normalized spacial score (nSPS) is 17.0. The predicted octanol–water partition coefficient (Wildman–Crippen LogP) is 3.60. The van der Waals surface area contributed by atoms with Crippen LogP contribution in [-0.4, -0.2) is 23.3 Å². The molecule has 0 saturated carbocycles. The third kappa shape index (κ3) is 4.27. The molecule has 3 rings (SSSR count). The molecule has 2 aromatic rings. The van der Waals surface area contributed by atoms with E-state index >= 15 is 0 Å². The number of carbonyl (C=O) groups excluding carboxylic acids is 2. The van der Waals surface area contributed by atoms with Gasteiger partial charge in [0.05, 0.1) is 5.92 Å². The number of nitrogens with one attached hydrogen (secondary N) is 1. The van der Waals surface area contributed by atoms with Gasteiger partial charge < -0.3 is 10.2 Å². The summed E-state index contributed by atoms with van der Waals surface area (Å²) in [4.78, 5) is 26.6. The van der Waals surface area contributed by atoms with Gasteiger partial charge in [0.2, 0.25) is 11.8 Å². The number of hydrogen-bond donors (Lipinski definition) is 1. The summed E-state index contributed by atoms with van der Waals surface area (Å²) >= 11 is 0. The lowest BCUT2D eigenvalue weighted by Crippen LogP contribution is -2.28. The number of rotatable bonds is 4. The number of benzene rings is 2. The third-order valence-corrected chi connectivity index (χ3v) is 4.57. The Labute approximate surface area is 148 Å². The zero-order valence-corrected chi connectivity index (χ0v) is 15.0. The average molecular weight is 336 g/mol. The maximum Gasteiger partial charge on any atom is 0.229 e. The monoisotopic (exact) mass is 336 g/mol. The molecule has 1 aliphatic rings. The van der Waals surface area contributed by atoms with Crippen LogP contribution in [0.1, 0.15) is 28.7 Å². The summed E-state index contributed by atoms with van der Waals surface area (Å²) in [5, 5.41) is 2.96. The largest absolute Gasteiger partial charge is 0.338 e. The van der Waals surface area contributed by atoms with E-state index in [1.165, 1.54) is 5.56 Å². The number of aryl methyl sites for hydroxylation is 3. The molecular formula is C21H24N2O2. The summed E-state index contributed by atoms with van der Waals surface area (Å²) in [5.74, 6) is -0.329. The summed E-state index contributed by atoms with van der Waals surface area (Å²) in [6.45, 7) is 7.09. The van der Waals surface area contributed by atoms with Crippen LogP contribution in [0.25, 0.3) is 0 Å². The summed E-state index contributed by atoms with van der Waals surface area (Å²) in [7, 11) is 0. The second kappa shape index (κ2) is 7.09. The lowest BCUT2D eigenvalue weighted by atomic mass is 10.1. The quantitative estimate of drug-likeness (QED) is 0.927. The van der Waals surface area contributed by atoms with E-state index in [1.54, 1.807) is 4.90 Å². The molecule has 1 fully saturated rings. The first-order chi connectivity index (χ1) is 11.9. The van der Waals surface area contributed by atoms with Crippen molar-refractivity contribution in [3.8, 4) is 0 Å². The number of carbonyl (C=O) groups is 2. The highest BCUT2D eigenvalue weighted by Crippen LogP contribution is 2.23. The van der Waals surface area contributed by atoms with Gasteiger partial charge >= 0.3 is 0 Å². The summed E-state index contributed by atoms with van der Waals surface area (Å²) in [5.41, 5.74) is 5.31. The second-order valence-corrected chi connectivity index (χ2v) is 7.03. The second-order valence-electron chi connectivity index (χ2n) is 7.03. The van der Waals surface area contributed by atoms with Crippen molar-refractivity contribution in [3.05, 3.63) is 64.7 Å². The molecular weight excluding hydrogens is 312 g/mol. The molecule has 1 heterocycles. The van der Waals surface area contributed by atoms with Crippen molar-refractivity contribution >= 4 is 17.5 Å². The molecule has 1 saturated heterocycles. The number of hydrogen-bond acceptors (Lipinski definition) is 2. The van der Waals surface area contributed by atoms with Gasteiger partial charge in [-0.2, -0.15) is 0 Å². The molecule has 1 unspecified atom stereocenters. The number of nitrogens with zero attached hydrogens (tertiary/aromatic N) is 1. The van der Waals surface area contributed by atoms with Gasteiger partial charge in [-0.3, -0.25) is 9.59 Å². The molecule has 130 valence electrons. The minimum absolute atomic E-state index is 0.0427. The molecule has 1 atom stereocenters. The fourth-order valence-corrected chi connectivity index (χ4v) is 3.31. The molecule has 2 amide bonds. The lowest BCUT2D eigenvalue weighted by molar-refractivity contribution is -0.128. The third-order valence-electron chi connectivity index (χ3n) is 4.57. The van der Waals surface area contributed by atoms with E-state index < -0.39 is 0 Å². The van der Waals surface area contributed by atoms with Gasteiger partial charge in [0, 0.05) is 25.2 Å². The Kier molecular flexibility index (Phi) is 4.88. The van der Waals surface area contributed by atoms with E-state index in [1.807, 2.05) is 57.2 Å². The SMILES string of the molecule is Cc1ccc(CN2CC(C(=O)Nc3cc(C)cc(C)c3)CC2=O)cc1. The standard InChI is InChI=1S/C21H24N2O2/c1-14-4-6-17(7-5-14)12-23-13-18(11-20(23)24)21(25)22-19-9-15(2)8-16(3)10-19/h4-10,18H,11-13H2,1-3H3,(H,22,25). The van der Waals surface area contributed by atoms with Crippen molar-refractivity contribution in [2.24, 2.45) is 5.92 Å². The van der Waals surface area contributed by atoms with Crippen molar-refractivity contribution in [1.29, 1.82) is 0 Å². The molecule has 1 N–H and O–H groups in total. The minimum Gasteiger partial charge on any atom is -0.338 e. The highest BCUT2D eigenvalue weighted by atomic mass is 16.2. The van der Waals surface area contributed by atoms with Crippen molar-refractivity contribution in [1.82, 2.24) is 4.90 Å². The van der Waals surface area contributed by atoms with E-state index in [4.69, 9.17) is 0 Å². The summed E-state index contributed by atoms with van der Waals surface area (Å²) in [6, 6.07) is 14.1. The molecule has 25 heavy (non-hydrogen) atoms. The Balaban J connectivity index is 1.63. The molecule has 0 spiro atoms. The topological polar surface area (TPSA) is 49.4 Å². The van der Waals surface area contributed by atoms with E-state index in [-0.39, 0.29) is 24.2 Å². The van der Waals surface area contributed by atoms with Gasteiger partial charge in [-0.15, -0.1) is 0 Å². The van der Waals surface area contributed by atoms with E-state index in [0.717, 1.165) is 22.4 Å². The predicted molar refractivity (Wildman–Crippen MR) is 99.2 cm³/mol. The van der Waals surface area contributed by atoms with Crippen LogP contribution >= 0.6 is 0 Å². The Hall–Kier alpha value is -2.62. The molecule has 0 aromatic heterocycles. The van der Waals surface area contributed by atoms with Gasteiger partial charge in [-0.05, 0) is 49.6 Å². The molecule has 2 aromatic carbocycles. The molecule has 0 aliphatic carbocycles. The molecule has 1 aliphatic heterocycles. The van der Waals surface area contributed by atoms with Crippen LogP contribution in [0.3, 0.4) is 0 Å². The van der Waals surface area contributed by atoms with Crippen LogP contribution in [-0.2, 0) is 16.1 Å². The number of amides is 2. The highest BCUT2D eigenvalue weighted by molar-refractivity contribution is 5.97. The zero-order valence-electron chi connectivity index (χ0n) is 15.0. The average Bonchev–Trinajstić information content (AvgIpc) is 2.90. The fraction of sp³-hybridized carbons (Fsp3) is 0.333.